The molecule has 0 bridgehead atoms. The Morgan fingerprint density at radius 3 is 2.29 bits per heavy atom. The molecule has 0 saturated heterocycles. The number of halogens is 6. The molecule has 0 aliphatic carbocycles. The Morgan fingerprint density at radius 1 is 0.943 bits per heavy atom. The standard InChI is InChI=1S/C22H12F6N4O3/c1-34-11-8-5-9-12-15(11)29-19(35-12)14-16(21(23,24)25)30-18-13(10-6-3-2-4-7-10)17(22(26,27)28)31-32(18)20(14)33/h2-9,30H,1H3. The molecule has 0 saturated carbocycles. The highest BCUT2D eigenvalue weighted by Gasteiger charge is 2.43. The molecule has 0 atom stereocenters. The summed E-state index contributed by atoms with van der Waals surface area (Å²) in [7, 11) is 1.30. The van der Waals surface area contributed by atoms with Gasteiger partial charge in [-0.2, -0.15) is 36.0 Å². The molecular formula is C22H12F6N4O3. The van der Waals surface area contributed by atoms with Crippen LogP contribution in [-0.4, -0.2) is 26.7 Å². The molecule has 0 fully saturated rings. The van der Waals surface area contributed by atoms with Crippen LogP contribution in [0.4, 0.5) is 26.3 Å². The van der Waals surface area contributed by atoms with Crippen LogP contribution >= 0.6 is 0 Å². The van der Waals surface area contributed by atoms with Gasteiger partial charge in [0, 0.05) is 0 Å². The third-order valence-corrected chi connectivity index (χ3v) is 5.22. The minimum atomic E-state index is -5.18. The molecule has 0 spiro atoms. The summed E-state index contributed by atoms with van der Waals surface area (Å²) >= 11 is 0. The van der Waals surface area contributed by atoms with E-state index < -0.39 is 52.0 Å². The van der Waals surface area contributed by atoms with Crippen LogP contribution in [0.25, 0.3) is 39.3 Å². The van der Waals surface area contributed by atoms with Crippen molar-refractivity contribution in [3.8, 4) is 28.3 Å². The van der Waals surface area contributed by atoms with Crippen molar-refractivity contribution in [2.75, 3.05) is 7.11 Å². The average Bonchev–Trinajstić information content (AvgIpc) is 3.40. The van der Waals surface area contributed by atoms with E-state index >= 15 is 0 Å². The second-order valence-corrected chi connectivity index (χ2v) is 7.35. The van der Waals surface area contributed by atoms with Gasteiger partial charge in [0.15, 0.2) is 16.8 Å². The van der Waals surface area contributed by atoms with E-state index in [2.05, 4.69) is 10.1 Å². The average molecular weight is 494 g/mol. The maximum Gasteiger partial charge on any atom is 0.435 e. The minimum absolute atomic E-state index is 0.00777. The second-order valence-electron chi connectivity index (χ2n) is 7.35. The van der Waals surface area contributed by atoms with Crippen LogP contribution in [-0.2, 0) is 12.4 Å². The van der Waals surface area contributed by atoms with Gasteiger partial charge in [-0.15, -0.1) is 0 Å². The van der Waals surface area contributed by atoms with Crippen molar-refractivity contribution in [1.29, 1.82) is 0 Å². The molecule has 35 heavy (non-hydrogen) atoms. The van der Waals surface area contributed by atoms with Crippen molar-refractivity contribution in [3.63, 3.8) is 0 Å². The Bertz CT molecular complexity index is 1630. The summed E-state index contributed by atoms with van der Waals surface area (Å²) in [6, 6.07) is 11.2. The van der Waals surface area contributed by atoms with Crippen LogP contribution in [0.3, 0.4) is 0 Å². The van der Waals surface area contributed by atoms with Crippen LogP contribution in [0.15, 0.2) is 57.7 Å². The minimum Gasteiger partial charge on any atom is -0.494 e. The predicted molar refractivity (Wildman–Crippen MR) is 111 cm³/mol. The van der Waals surface area contributed by atoms with E-state index in [1.54, 1.807) is 0 Å². The molecule has 0 aliphatic rings. The highest BCUT2D eigenvalue weighted by Crippen LogP contribution is 2.41. The molecule has 13 heteroatoms. The third-order valence-electron chi connectivity index (χ3n) is 5.22. The van der Waals surface area contributed by atoms with Gasteiger partial charge in [-0.25, -0.2) is 4.98 Å². The predicted octanol–water partition coefficient (Wildman–Crippen LogP) is 5.54. The summed E-state index contributed by atoms with van der Waals surface area (Å²) in [6.45, 7) is 0. The molecule has 5 aromatic rings. The van der Waals surface area contributed by atoms with Crippen molar-refractivity contribution < 1.29 is 35.5 Å². The first-order chi connectivity index (χ1) is 16.5. The third kappa shape index (κ3) is 3.59. The van der Waals surface area contributed by atoms with Crippen LogP contribution < -0.4 is 10.3 Å². The van der Waals surface area contributed by atoms with Crippen LogP contribution in [0, 0.1) is 0 Å². The number of aromatic amines is 1. The molecule has 0 radical (unpaired) electrons. The van der Waals surface area contributed by atoms with Gasteiger partial charge < -0.3 is 14.1 Å². The largest absolute Gasteiger partial charge is 0.494 e. The zero-order valence-electron chi connectivity index (χ0n) is 17.5. The van der Waals surface area contributed by atoms with E-state index in [9.17, 15) is 31.1 Å². The fraction of sp³-hybridized carbons (Fsp3) is 0.136. The lowest BCUT2D eigenvalue weighted by atomic mass is 10.1. The first kappa shape index (κ1) is 22.5. The van der Waals surface area contributed by atoms with Gasteiger partial charge in [-0.3, -0.25) is 4.79 Å². The summed E-state index contributed by atoms with van der Waals surface area (Å²) in [5, 5.41) is 3.34. The summed E-state index contributed by atoms with van der Waals surface area (Å²) in [6.07, 6.45) is -10.3. The van der Waals surface area contributed by atoms with Crippen LogP contribution in [0.2, 0.25) is 0 Å². The zero-order chi connectivity index (χ0) is 25.1. The highest BCUT2D eigenvalue weighted by atomic mass is 19.4. The number of hydrogen-bond donors (Lipinski definition) is 1. The molecular weight excluding hydrogens is 482 g/mol. The summed E-state index contributed by atoms with van der Waals surface area (Å²) < 4.78 is 94.5. The molecule has 0 unspecified atom stereocenters. The quantitative estimate of drug-likeness (QED) is 0.333. The Labute approximate surface area is 190 Å². The molecule has 0 amide bonds. The Kier molecular flexibility index (Phi) is 4.90. The SMILES string of the molecule is COc1cccc2oc(-c3c(C(F)(F)F)[nH]c4c(-c5ccccc5)c(C(F)(F)F)nn4c3=O)nc12. The van der Waals surface area contributed by atoms with Crippen molar-refractivity contribution in [1.82, 2.24) is 19.6 Å². The fourth-order valence-electron chi connectivity index (χ4n) is 3.76. The first-order valence-electron chi connectivity index (χ1n) is 9.83. The van der Waals surface area contributed by atoms with Gasteiger partial charge in [-0.1, -0.05) is 36.4 Å². The van der Waals surface area contributed by atoms with Gasteiger partial charge >= 0.3 is 12.4 Å². The zero-order valence-corrected chi connectivity index (χ0v) is 17.5. The number of aromatic nitrogens is 4. The molecule has 7 nitrogen and oxygen atoms in total. The van der Waals surface area contributed by atoms with Crippen LogP contribution in [0.5, 0.6) is 5.75 Å². The molecule has 3 heterocycles. The molecule has 0 aliphatic heterocycles. The molecule has 5 rings (SSSR count). The van der Waals surface area contributed by atoms with E-state index in [-0.39, 0.29) is 26.9 Å². The Balaban J connectivity index is 1.91. The lowest BCUT2D eigenvalue weighted by molar-refractivity contribution is -0.141. The van der Waals surface area contributed by atoms with E-state index in [4.69, 9.17) is 9.15 Å². The number of nitrogens with zero attached hydrogens (tertiary/aromatic N) is 3. The van der Waals surface area contributed by atoms with Gasteiger partial charge in [0.2, 0.25) is 5.89 Å². The van der Waals surface area contributed by atoms with E-state index in [1.807, 2.05) is 4.98 Å². The topological polar surface area (TPSA) is 85.4 Å². The first-order valence-corrected chi connectivity index (χ1v) is 9.83. The van der Waals surface area contributed by atoms with E-state index in [0.717, 1.165) is 0 Å². The molecule has 1 N–H and O–H groups in total. The number of hydrogen-bond acceptors (Lipinski definition) is 5. The van der Waals surface area contributed by atoms with E-state index in [1.165, 1.54) is 55.6 Å². The summed E-state index contributed by atoms with van der Waals surface area (Å²) in [5.41, 5.74) is -7.31. The maximum absolute atomic E-state index is 14.1. The maximum atomic E-state index is 14.1. The van der Waals surface area contributed by atoms with Gasteiger partial charge in [-0.05, 0) is 17.7 Å². The van der Waals surface area contributed by atoms with Crippen molar-refractivity contribution >= 4 is 16.7 Å². The lowest BCUT2D eigenvalue weighted by Gasteiger charge is -2.12. The van der Waals surface area contributed by atoms with Gasteiger partial charge in [0.1, 0.15) is 22.7 Å². The number of nitrogens with one attached hydrogen (secondary N) is 1. The number of H-pyrrole nitrogens is 1. The fourth-order valence-corrected chi connectivity index (χ4v) is 3.76. The number of rotatable bonds is 3. The number of alkyl halides is 6. The lowest BCUT2D eigenvalue weighted by Crippen LogP contribution is -2.24. The van der Waals surface area contributed by atoms with E-state index in [0.29, 0.717) is 0 Å². The Hall–Kier alpha value is -4.29. The summed E-state index contributed by atoms with van der Waals surface area (Å²) in [5.74, 6) is -0.598. The number of fused-ring (bicyclic) bond motifs is 2. The number of para-hydroxylation sites is 1. The highest BCUT2D eigenvalue weighted by molar-refractivity contribution is 5.84. The number of methoxy groups -OCH3 is 1. The number of benzene rings is 2. The van der Waals surface area contributed by atoms with Gasteiger partial charge in [0.25, 0.3) is 5.56 Å². The van der Waals surface area contributed by atoms with Crippen molar-refractivity contribution in [2.45, 2.75) is 12.4 Å². The Morgan fingerprint density at radius 2 is 1.66 bits per heavy atom. The summed E-state index contributed by atoms with van der Waals surface area (Å²) in [4.78, 5) is 19.1. The van der Waals surface area contributed by atoms with Gasteiger partial charge in [0.05, 0.1) is 12.7 Å². The molecule has 2 aromatic carbocycles. The number of oxazole rings is 1. The smallest absolute Gasteiger partial charge is 0.435 e. The van der Waals surface area contributed by atoms with Crippen LogP contribution in [0.1, 0.15) is 11.4 Å². The molecule has 180 valence electrons. The van der Waals surface area contributed by atoms with Crippen molar-refractivity contribution in [3.05, 3.63) is 70.3 Å². The monoisotopic (exact) mass is 494 g/mol. The van der Waals surface area contributed by atoms with Crippen molar-refractivity contribution in [2.24, 2.45) is 0 Å². The molecule has 3 aromatic heterocycles. The number of ether oxygens (including phenoxy) is 1. The normalized spacial score (nSPS) is 12.5. The second kappa shape index (κ2) is 7.61.